The Morgan fingerprint density at radius 3 is 2.73 bits per heavy atom. The van der Waals surface area contributed by atoms with Crippen LogP contribution in [0.15, 0.2) is 36.5 Å². The number of ketones is 1. The summed E-state index contributed by atoms with van der Waals surface area (Å²) < 4.78 is 32.0. The van der Waals surface area contributed by atoms with E-state index in [1.54, 1.807) is 6.92 Å². The van der Waals surface area contributed by atoms with Crippen molar-refractivity contribution in [2.45, 2.75) is 25.9 Å². The second-order valence-electron chi connectivity index (χ2n) is 5.67. The number of hydrogen-bond donors (Lipinski definition) is 0. The van der Waals surface area contributed by atoms with E-state index in [1.807, 2.05) is 37.3 Å². The van der Waals surface area contributed by atoms with Crippen molar-refractivity contribution in [2.75, 3.05) is 19.8 Å². The third-order valence-electron chi connectivity index (χ3n) is 4.07. The van der Waals surface area contributed by atoms with Crippen LogP contribution in [0.3, 0.4) is 0 Å². The van der Waals surface area contributed by atoms with E-state index < -0.39 is 17.6 Å². The highest BCUT2D eigenvalue weighted by Gasteiger charge is 2.49. The molecule has 0 unspecified atom stereocenters. The van der Waals surface area contributed by atoms with Gasteiger partial charge in [0.25, 0.3) is 5.78 Å². The highest BCUT2D eigenvalue weighted by atomic mass is 19.1. The average molecular weight is 358 g/mol. The molecule has 1 atom stereocenters. The Morgan fingerprint density at radius 1 is 1.38 bits per heavy atom. The highest BCUT2D eigenvalue weighted by molar-refractivity contribution is 5.99. The third kappa shape index (κ3) is 3.40. The van der Waals surface area contributed by atoms with Crippen molar-refractivity contribution in [1.82, 2.24) is 9.78 Å². The van der Waals surface area contributed by atoms with Crippen molar-refractivity contribution in [3.63, 3.8) is 0 Å². The van der Waals surface area contributed by atoms with E-state index in [2.05, 4.69) is 16.9 Å². The van der Waals surface area contributed by atoms with Crippen LogP contribution in [0, 0.1) is 17.7 Å². The number of rotatable bonds is 6. The lowest BCUT2D eigenvalue weighted by Crippen LogP contribution is -2.44. The van der Waals surface area contributed by atoms with E-state index in [9.17, 15) is 9.18 Å². The number of Topliss-reactive ketones (excluding diaryl/α,β-unsaturated/α-hetero) is 1. The molecule has 3 rings (SSSR count). The predicted molar refractivity (Wildman–Crippen MR) is 90.8 cm³/mol. The number of nitrogens with zero attached hydrogens (tertiary/aromatic N) is 2. The number of benzene rings is 1. The maximum Gasteiger partial charge on any atom is 0.354 e. The molecule has 1 aliphatic heterocycles. The standard InChI is InChI=1S/C19H19FN2O4/c1-3-4-10-24-19(25-11-12-26-19)18(23)17-16(20)13-21-22(17)14(2)15-8-6-5-7-9-15/h5-9,13-14H,10-12H2,1-2H3/t14-/m1/s1. The summed E-state index contributed by atoms with van der Waals surface area (Å²) in [4.78, 5) is 13.1. The first-order valence-electron chi connectivity index (χ1n) is 8.23. The zero-order valence-corrected chi connectivity index (χ0v) is 14.6. The predicted octanol–water partition coefficient (Wildman–Crippen LogP) is 2.55. The van der Waals surface area contributed by atoms with Crippen molar-refractivity contribution in [2.24, 2.45) is 0 Å². The van der Waals surface area contributed by atoms with Gasteiger partial charge in [-0.1, -0.05) is 36.3 Å². The molecule has 1 aliphatic rings. The largest absolute Gasteiger partial charge is 0.354 e. The molecule has 1 aromatic carbocycles. The van der Waals surface area contributed by atoms with Crippen molar-refractivity contribution >= 4 is 5.78 Å². The van der Waals surface area contributed by atoms with E-state index in [1.165, 1.54) is 4.68 Å². The van der Waals surface area contributed by atoms with Crippen LogP contribution in [0.25, 0.3) is 0 Å². The second-order valence-corrected chi connectivity index (χ2v) is 5.67. The second kappa shape index (κ2) is 7.79. The van der Waals surface area contributed by atoms with Crippen molar-refractivity contribution in [3.8, 4) is 11.8 Å². The summed E-state index contributed by atoms with van der Waals surface area (Å²) in [6, 6.07) is 9.00. The highest BCUT2D eigenvalue weighted by Crippen LogP contribution is 2.29. The Balaban J connectivity index is 1.96. The molecule has 1 saturated heterocycles. The number of carbonyl (C=O) groups is 1. The Morgan fingerprint density at radius 2 is 2.08 bits per heavy atom. The summed E-state index contributed by atoms with van der Waals surface area (Å²) in [6.07, 6.45) is 1.00. The number of ether oxygens (including phenoxy) is 3. The van der Waals surface area contributed by atoms with E-state index in [0.717, 1.165) is 11.8 Å². The zero-order valence-electron chi connectivity index (χ0n) is 14.6. The van der Waals surface area contributed by atoms with Gasteiger partial charge in [-0.15, -0.1) is 5.92 Å². The molecule has 0 bridgehead atoms. The van der Waals surface area contributed by atoms with Crippen molar-refractivity contribution in [3.05, 3.63) is 53.6 Å². The fraction of sp³-hybridized carbons (Fsp3) is 0.368. The summed E-state index contributed by atoms with van der Waals surface area (Å²) in [6.45, 7) is 3.71. The van der Waals surface area contributed by atoms with Gasteiger partial charge >= 0.3 is 5.97 Å². The van der Waals surface area contributed by atoms with Crippen LogP contribution in [-0.4, -0.2) is 41.4 Å². The number of carbonyl (C=O) groups excluding carboxylic acids is 1. The lowest BCUT2D eigenvalue weighted by atomic mass is 10.1. The fourth-order valence-corrected chi connectivity index (χ4v) is 2.74. The minimum Gasteiger partial charge on any atom is -0.318 e. The van der Waals surface area contributed by atoms with E-state index in [4.69, 9.17) is 14.2 Å². The van der Waals surface area contributed by atoms with Crippen LogP contribution in [0.5, 0.6) is 0 Å². The van der Waals surface area contributed by atoms with Crippen LogP contribution in [0.1, 0.15) is 35.9 Å². The Kier molecular flexibility index (Phi) is 5.47. The van der Waals surface area contributed by atoms with E-state index in [-0.39, 0.29) is 31.6 Å². The molecule has 136 valence electrons. The molecule has 0 radical (unpaired) electrons. The maximum absolute atomic E-state index is 14.4. The first kappa shape index (κ1) is 18.3. The number of halogens is 1. The first-order valence-corrected chi connectivity index (χ1v) is 8.23. The molecule has 7 heteroatoms. The Bertz CT molecular complexity index is 832. The average Bonchev–Trinajstić information content (AvgIpc) is 3.29. The molecule has 1 aromatic heterocycles. The first-order chi connectivity index (χ1) is 12.6. The molecule has 2 heterocycles. The monoisotopic (exact) mass is 358 g/mol. The minimum absolute atomic E-state index is 0.0771. The number of aromatic nitrogens is 2. The lowest BCUT2D eigenvalue weighted by molar-refractivity contribution is -0.285. The van der Waals surface area contributed by atoms with Crippen LogP contribution < -0.4 is 0 Å². The van der Waals surface area contributed by atoms with Crippen LogP contribution in [0.2, 0.25) is 0 Å². The number of hydrogen-bond acceptors (Lipinski definition) is 5. The Hall–Kier alpha value is -2.53. The SMILES string of the molecule is CC#CCOC1(C(=O)c2c(F)cnn2[C@H](C)c2ccccc2)OCCO1. The van der Waals surface area contributed by atoms with Gasteiger partial charge in [0.15, 0.2) is 5.82 Å². The van der Waals surface area contributed by atoms with Gasteiger partial charge in [-0.3, -0.25) is 9.48 Å². The zero-order chi connectivity index (χ0) is 18.6. The lowest BCUT2D eigenvalue weighted by Gasteiger charge is -2.25. The molecule has 2 aromatic rings. The molecule has 0 saturated carbocycles. The van der Waals surface area contributed by atoms with Gasteiger partial charge in [0.1, 0.15) is 12.3 Å². The van der Waals surface area contributed by atoms with Gasteiger partial charge in [0.05, 0.1) is 25.5 Å². The van der Waals surface area contributed by atoms with Crippen LogP contribution >= 0.6 is 0 Å². The molecule has 1 fully saturated rings. The summed E-state index contributed by atoms with van der Waals surface area (Å²) in [5.41, 5.74) is 0.623. The topological polar surface area (TPSA) is 62.6 Å². The van der Waals surface area contributed by atoms with Crippen molar-refractivity contribution < 1.29 is 23.4 Å². The van der Waals surface area contributed by atoms with Crippen molar-refractivity contribution in [1.29, 1.82) is 0 Å². The van der Waals surface area contributed by atoms with Gasteiger partial charge in [-0.05, 0) is 19.4 Å². The maximum atomic E-state index is 14.4. The van der Waals surface area contributed by atoms with Crippen LogP contribution in [0.4, 0.5) is 4.39 Å². The smallest absolute Gasteiger partial charge is 0.318 e. The molecule has 0 N–H and O–H groups in total. The summed E-state index contributed by atoms with van der Waals surface area (Å²) in [7, 11) is 0. The molecule has 26 heavy (non-hydrogen) atoms. The van der Waals surface area contributed by atoms with Gasteiger partial charge in [-0.2, -0.15) is 5.10 Å². The molecule has 0 aliphatic carbocycles. The third-order valence-corrected chi connectivity index (χ3v) is 4.07. The summed E-state index contributed by atoms with van der Waals surface area (Å²) >= 11 is 0. The summed E-state index contributed by atoms with van der Waals surface area (Å²) in [5, 5.41) is 4.04. The molecular weight excluding hydrogens is 339 g/mol. The molecule has 6 nitrogen and oxygen atoms in total. The molecular formula is C19H19FN2O4. The summed E-state index contributed by atoms with van der Waals surface area (Å²) in [5.74, 6) is 1.80. The quantitative estimate of drug-likeness (QED) is 0.587. The Labute approximate surface area is 150 Å². The molecule has 0 spiro atoms. The van der Waals surface area contributed by atoms with Crippen LogP contribution in [-0.2, 0) is 14.2 Å². The fourth-order valence-electron chi connectivity index (χ4n) is 2.74. The van der Waals surface area contributed by atoms with E-state index >= 15 is 0 Å². The van der Waals surface area contributed by atoms with Gasteiger partial charge in [0, 0.05) is 0 Å². The van der Waals surface area contributed by atoms with Gasteiger partial charge in [-0.25, -0.2) is 4.39 Å². The molecule has 0 amide bonds. The van der Waals surface area contributed by atoms with Gasteiger partial charge < -0.3 is 14.2 Å². The normalized spacial score (nSPS) is 16.7. The van der Waals surface area contributed by atoms with Gasteiger partial charge in [0.2, 0.25) is 0 Å². The minimum atomic E-state index is -2.00. The van der Waals surface area contributed by atoms with E-state index in [0.29, 0.717) is 0 Å².